The molecule has 0 fully saturated rings. The molecule has 3 rings (SSSR count). The number of rotatable bonds is 3. The summed E-state index contributed by atoms with van der Waals surface area (Å²) in [5.41, 5.74) is 1.36. The first-order valence-electron chi connectivity index (χ1n) is 6.41. The van der Waals surface area contributed by atoms with Gasteiger partial charge in [-0.05, 0) is 12.3 Å². The quantitative estimate of drug-likeness (QED) is 0.839. The largest absolute Gasteiger partial charge is 0.494 e. The number of benzene rings is 2. The van der Waals surface area contributed by atoms with Gasteiger partial charge in [-0.2, -0.15) is 0 Å². The van der Waals surface area contributed by atoms with Crippen LogP contribution >= 0.6 is 0 Å². The highest BCUT2D eigenvalue weighted by Gasteiger charge is 2.34. The molecule has 0 atom stereocenters. The zero-order valence-corrected chi connectivity index (χ0v) is 11.2. The third-order valence-electron chi connectivity index (χ3n) is 3.41. The van der Waals surface area contributed by atoms with Gasteiger partial charge in [-0.15, -0.1) is 0 Å². The first-order chi connectivity index (χ1) is 9.69. The minimum atomic E-state index is -0.384. The highest BCUT2D eigenvalue weighted by molar-refractivity contribution is 6.30. The van der Waals surface area contributed by atoms with Crippen LogP contribution in [0.5, 0.6) is 5.75 Å². The van der Waals surface area contributed by atoms with Gasteiger partial charge in [-0.3, -0.25) is 14.9 Å². The summed E-state index contributed by atoms with van der Waals surface area (Å²) in [6, 6.07) is 7.42. The van der Waals surface area contributed by atoms with E-state index in [0.29, 0.717) is 29.1 Å². The van der Waals surface area contributed by atoms with Gasteiger partial charge in [0.25, 0.3) is 11.8 Å². The van der Waals surface area contributed by atoms with Crippen LogP contribution < -0.4 is 15.4 Å². The van der Waals surface area contributed by atoms with E-state index in [9.17, 15) is 9.59 Å². The van der Waals surface area contributed by atoms with Crippen LogP contribution in [0.2, 0.25) is 0 Å². The number of methoxy groups -OCH3 is 1. The van der Waals surface area contributed by atoms with Crippen LogP contribution in [0.1, 0.15) is 27.6 Å². The van der Waals surface area contributed by atoms with E-state index in [4.69, 9.17) is 4.74 Å². The molecule has 20 heavy (non-hydrogen) atoms. The molecule has 2 aromatic rings. The van der Waals surface area contributed by atoms with Crippen LogP contribution in [0.4, 0.5) is 5.69 Å². The molecule has 0 saturated heterocycles. The van der Waals surface area contributed by atoms with E-state index in [1.807, 2.05) is 31.2 Å². The third-order valence-corrected chi connectivity index (χ3v) is 3.41. The summed E-state index contributed by atoms with van der Waals surface area (Å²) in [6.07, 6.45) is 0. The number of anilines is 1. The maximum absolute atomic E-state index is 12.1. The van der Waals surface area contributed by atoms with Gasteiger partial charge in [0.1, 0.15) is 0 Å². The Hall–Kier alpha value is -2.56. The van der Waals surface area contributed by atoms with Crippen molar-refractivity contribution in [2.24, 2.45) is 0 Å². The summed E-state index contributed by atoms with van der Waals surface area (Å²) in [7, 11) is 1.56. The Morgan fingerprint density at radius 1 is 1.10 bits per heavy atom. The molecule has 5 nitrogen and oxygen atoms in total. The summed E-state index contributed by atoms with van der Waals surface area (Å²) in [6.45, 7) is 2.55. The topological polar surface area (TPSA) is 67.4 Å². The van der Waals surface area contributed by atoms with Crippen LogP contribution in [0.15, 0.2) is 24.3 Å². The van der Waals surface area contributed by atoms with E-state index in [1.165, 1.54) is 0 Å². The van der Waals surface area contributed by atoms with Crippen molar-refractivity contribution in [2.75, 3.05) is 19.0 Å². The second-order valence-corrected chi connectivity index (χ2v) is 4.52. The lowest BCUT2D eigenvalue weighted by Gasteiger charge is -2.16. The van der Waals surface area contributed by atoms with Crippen LogP contribution in [-0.2, 0) is 0 Å². The Morgan fingerprint density at radius 2 is 1.75 bits per heavy atom. The summed E-state index contributed by atoms with van der Waals surface area (Å²) in [4.78, 5) is 24.1. The van der Waals surface area contributed by atoms with E-state index in [1.54, 1.807) is 7.11 Å². The highest BCUT2D eigenvalue weighted by Crippen LogP contribution is 2.41. The molecule has 102 valence electrons. The Labute approximate surface area is 115 Å². The molecule has 0 saturated carbocycles. The monoisotopic (exact) mass is 270 g/mol. The molecule has 2 N–H and O–H groups in total. The SMILES string of the molecule is CCNc1c2c(c3ccccc3c1OC)C(=O)NC2=O. The van der Waals surface area contributed by atoms with Gasteiger partial charge in [0.2, 0.25) is 0 Å². The number of hydrogen-bond donors (Lipinski definition) is 2. The van der Waals surface area contributed by atoms with Crippen molar-refractivity contribution in [3.63, 3.8) is 0 Å². The summed E-state index contributed by atoms with van der Waals surface area (Å²) >= 11 is 0. The summed E-state index contributed by atoms with van der Waals surface area (Å²) in [5, 5.41) is 7.02. The average molecular weight is 270 g/mol. The molecule has 1 heterocycles. The van der Waals surface area contributed by atoms with E-state index >= 15 is 0 Å². The molecule has 1 aliphatic heterocycles. The number of ether oxygens (including phenoxy) is 1. The number of fused-ring (bicyclic) bond motifs is 3. The van der Waals surface area contributed by atoms with Crippen molar-refractivity contribution < 1.29 is 14.3 Å². The average Bonchev–Trinajstić information content (AvgIpc) is 2.75. The number of imide groups is 1. The smallest absolute Gasteiger partial charge is 0.261 e. The molecule has 0 aliphatic carbocycles. The summed E-state index contributed by atoms with van der Waals surface area (Å²) < 4.78 is 5.47. The van der Waals surface area contributed by atoms with Gasteiger partial charge in [0, 0.05) is 11.9 Å². The van der Waals surface area contributed by atoms with Gasteiger partial charge in [-0.25, -0.2) is 0 Å². The molecular weight excluding hydrogens is 256 g/mol. The van der Waals surface area contributed by atoms with Gasteiger partial charge < -0.3 is 10.1 Å². The fourth-order valence-electron chi connectivity index (χ4n) is 2.66. The molecule has 0 unspecified atom stereocenters. The number of carbonyl (C=O) groups is 2. The van der Waals surface area contributed by atoms with Crippen molar-refractivity contribution in [1.82, 2.24) is 5.32 Å². The molecule has 2 aromatic carbocycles. The molecular formula is C15H14N2O3. The van der Waals surface area contributed by atoms with Crippen molar-refractivity contribution in [3.05, 3.63) is 35.4 Å². The fourth-order valence-corrected chi connectivity index (χ4v) is 2.66. The minimum Gasteiger partial charge on any atom is -0.494 e. The lowest BCUT2D eigenvalue weighted by molar-refractivity contribution is 0.0880. The highest BCUT2D eigenvalue weighted by atomic mass is 16.5. The second-order valence-electron chi connectivity index (χ2n) is 4.52. The van der Waals surface area contributed by atoms with Crippen LogP contribution in [-0.4, -0.2) is 25.5 Å². The maximum Gasteiger partial charge on any atom is 0.261 e. The van der Waals surface area contributed by atoms with Gasteiger partial charge >= 0.3 is 0 Å². The van der Waals surface area contributed by atoms with Crippen molar-refractivity contribution in [3.8, 4) is 5.75 Å². The Morgan fingerprint density at radius 3 is 2.40 bits per heavy atom. The van der Waals surface area contributed by atoms with Crippen LogP contribution in [0, 0.1) is 0 Å². The summed E-state index contributed by atoms with van der Waals surface area (Å²) in [5.74, 6) is -0.154. The lowest BCUT2D eigenvalue weighted by Crippen LogP contribution is -2.20. The standard InChI is InChI=1S/C15H14N2O3/c1-3-16-12-11-10(14(18)17-15(11)19)8-6-4-5-7-9(8)13(12)20-2/h4-7,16H,3H2,1-2H3,(H,17,18,19). The van der Waals surface area contributed by atoms with E-state index in [0.717, 1.165) is 10.8 Å². The molecule has 0 spiro atoms. The van der Waals surface area contributed by atoms with Crippen LogP contribution in [0.25, 0.3) is 10.8 Å². The molecule has 2 amide bonds. The van der Waals surface area contributed by atoms with Gasteiger partial charge in [0.05, 0.1) is 23.9 Å². The van der Waals surface area contributed by atoms with Crippen LogP contribution in [0.3, 0.4) is 0 Å². The first-order valence-corrected chi connectivity index (χ1v) is 6.41. The minimum absolute atomic E-state index is 0.358. The van der Waals surface area contributed by atoms with Crippen molar-refractivity contribution in [2.45, 2.75) is 6.92 Å². The van der Waals surface area contributed by atoms with Crippen molar-refractivity contribution >= 4 is 28.3 Å². The molecule has 1 aliphatic rings. The zero-order chi connectivity index (χ0) is 14.3. The predicted octanol–water partition coefficient (Wildman–Crippen LogP) is 2.16. The normalized spacial score (nSPS) is 13.3. The fraction of sp³-hybridized carbons (Fsp3) is 0.200. The first kappa shape index (κ1) is 12.5. The van der Waals surface area contributed by atoms with Gasteiger partial charge in [0.15, 0.2) is 5.75 Å². The lowest BCUT2D eigenvalue weighted by atomic mass is 9.97. The molecule has 0 bridgehead atoms. The number of carbonyl (C=O) groups excluding carboxylic acids is 2. The Bertz CT molecular complexity index is 737. The molecule has 5 heteroatoms. The number of hydrogen-bond acceptors (Lipinski definition) is 4. The maximum atomic E-state index is 12.1. The second kappa shape index (κ2) is 4.52. The number of nitrogens with one attached hydrogen (secondary N) is 2. The van der Waals surface area contributed by atoms with E-state index in [2.05, 4.69) is 10.6 Å². The Balaban J connectivity index is 2.50. The Kier molecular flexibility index (Phi) is 2.82. The van der Waals surface area contributed by atoms with Gasteiger partial charge in [-0.1, -0.05) is 24.3 Å². The number of amides is 2. The molecule has 0 aromatic heterocycles. The van der Waals surface area contributed by atoms with E-state index in [-0.39, 0.29) is 11.8 Å². The third kappa shape index (κ3) is 1.56. The van der Waals surface area contributed by atoms with Crippen molar-refractivity contribution in [1.29, 1.82) is 0 Å². The van der Waals surface area contributed by atoms with E-state index < -0.39 is 0 Å². The molecule has 0 radical (unpaired) electrons. The predicted molar refractivity (Wildman–Crippen MR) is 76.5 cm³/mol. The zero-order valence-electron chi connectivity index (χ0n) is 11.2.